The second-order valence-electron chi connectivity index (χ2n) is 2.27. The summed E-state index contributed by atoms with van der Waals surface area (Å²) in [5.41, 5.74) is 6.27. The zero-order valence-electron chi connectivity index (χ0n) is 6.10. The van der Waals surface area contributed by atoms with Gasteiger partial charge in [0.1, 0.15) is 11.6 Å². The lowest BCUT2D eigenvalue weighted by Gasteiger charge is -1.96. The summed E-state index contributed by atoms with van der Waals surface area (Å²) in [6.45, 7) is 0. The van der Waals surface area contributed by atoms with Crippen LogP contribution in [0.4, 0.5) is 5.82 Å². The third kappa shape index (κ3) is 0.787. The van der Waals surface area contributed by atoms with Gasteiger partial charge in [-0.2, -0.15) is 10.2 Å². The first-order valence-electron chi connectivity index (χ1n) is 3.32. The lowest BCUT2D eigenvalue weighted by molar-refractivity contribution is 0.888. The molecule has 2 rings (SSSR count). The summed E-state index contributed by atoms with van der Waals surface area (Å²) in [4.78, 5) is 3.78. The van der Waals surface area contributed by atoms with Gasteiger partial charge in [-0.05, 0) is 12.1 Å². The summed E-state index contributed by atoms with van der Waals surface area (Å²) < 4.78 is 1.53. The average Bonchev–Trinajstić information content (AvgIpc) is 2.52. The number of nitrogens with two attached hydrogens (primary N) is 1. The van der Waals surface area contributed by atoms with Crippen molar-refractivity contribution in [1.82, 2.24) is 14.6 Å². The van der Waals surface area contributed by atoms with Gasteiger partial charge < -0.3 is 5.73 Å². The van der Waals surface area contributed by atoms with Gasteiger partial charge in [-0.15, -0.1) is 5.10 Å². The van der Waals surface area contributed by atoms with E-state index < -0.39 is 0 Å². The highest BCUT2D eigenvalue weighted by Crippen LogP contribution is 2.09. The summed E-state index contributed by atoms with van der Waals surface area (Å²) in [7, 11) is 0. The Kier molecular flexibility index (Phi) is 1.21. The fourth-order valence-corrected chi connectivity index (χ4v) is 1.01. The molecule has 2 aromatic heterocycles. The number of nitrogen functional groups attached to an aromatic ring is 1. The lowest BCUT2D eigenvalue weighted by Crippen LogP contribution is -2.02. The van der Waals surface area contributed by atoms with Crippen LogP contribution in [-0.4, -0.2) is 14.6 Å². The van der Waals surface area contributed by atoms with E-state index in [2.05, 4.69) is 10.1 Å². The Morgan fingerprint density at radius 3 is 3.17 bits per heavy atom. The second-order valence-corrected chi connectivity index (χ2v) is 2.27. The standard InChI is InChI=1S/C7H5N5/c8-4-6-10-7(9)5-2-1-3-12(5)11-6/h1-3H,(H2,9,10,11). The molecule has 0 spiro atoms. The third-order valence-electron chi connectivity index (χ3n) is 1.52. The summed E-state index contributed by atoms with van der Waals surface area (Å²) >= 11 is 0. The first kappa shape index (κ1) is 6.61. The van der Waals surface area contributed by atoms with Crippen molar-refractivity contribution in [2.75, 3.05) is 5.73 Å². The Balaban J connectivity index is 2.86. The van der Waals surface area contributed by atoms with E-state index >= 15 is 0 Å². The van der Waals surface area contributed by atoms with E-state index in [0.29, 0.717) is 11.3 Å². The van der Waals surface area contributed by atoms with Crippen molar-refractivity contribution >= 4 is 11.3 Å². The molecule has 58 valence electrons. The van der Waals surface area contributed by atoms with E-state index in [4.69, 9.17) is 11.0 Å². The molecule has 0 aromatic carbocycles. The van der Waals surface area contributed by atoms with Crippen molar-refractivity contribution in [3.8, 4) is 6.07 Å². The normalized spacial score (nSPS) is 9.92. The van der Waals surface area contributed by atoms with Crippen LogP contribution in [0.1, 0.15) is 5.82 Å². The topological polar surface area (TPSA) is 80.0 Å². The summed E-state index contributed by atoms with van der Waals surface area (Å²) in [6, 6.07) is 5.41. The number of rotatable bonds is 0. The molecule has 12 heavy (non-hydrogen) atoms. The first-order chi connectivity index (χ1) is 5.81. The number of hydrogen-bond acceptors (Lipinski definition) is 4. The molecular formula is C7H5N5. The van der Waals surface area contributed by atoms with E-state index in [1.807, 2.05) is 6.07 Å². The molecule has 0 fully saturated rings. The fourth-order valence-electron chi connectivity index (χ4n) is 1.01. The van der Waals surface area contributed by atoms with Crippen molar-refractivity contribution in [1.29, 1.82) is 5.26 Å². The van der Waals surface area contributed by atoms with Crippen LogP contribution in [0, 0.1) is 11.3 Å². The number of hydrogen-bond donors (Lipinski definition) is 1. The van der Waals surface area contributed by atoms with Gasteiger partial charge in [-0.25, -0.2) is 4.52 Å². The minimum Gasteiger partial charge on any atom is -0.382 e. The maximum atomic E-state index is 8.52. The summed E-state index contributed by atoms with van der Waals surface area (Å²) in [5, 5.41) is 12.4. The molecule has 0 unspecified atom stereocenters. The third-order valence-corrected chi connectivity index (χ3v) is 1.52. The minimum absolute atomic E-state index is 0.0798. The number of anilines is 1. The largest absolute Gasteiger partial charge is 0.382 e. The molecule has 0 bridgehead atoms. The molecule has 0 saturated carbocycles. The highest BCUT2D eigenvalue weighted by atomic mass is 15.3. The van der Waals surface area contributed by atoms with Gasteiger partial charge in [0, 0.05) is 6.20 Å². The van der Waals surface area contributed by atoms with Crippen LogP contribution in [0.25, 0.3) is 5.52 Å². The van der Waals surface area contributed by atoms with E-state index in [1.54, 1.807) is 18.3 Å². The minimum atomic E-state index is 0.0798. The number of nitriles is 1. The SMILES string of the molecule is N#Cc1nc(N)c2cccn2n1. The summed E-state index contributed by atoms with van der Waals surface area (Å²) in [5.74, 6) is 0.405. The second kappa shape index (κ2) is 2.20. The van der Waals surface area contributed by atoms with Gasteiger partial charge in [-0.3, -0.25) is 0 Å². The molecule has 0 radical (unpaired) electrons. The van der Waals surface area contributed by atoms with Gasteiger partial charge >= 0.3 is 0 Å². The van der Waals surface area contributed by atoms with Crippen molar-refractivity contribution in [3.05, 3.63) is 24.2 Å². The van der Waals surface area contributed by atoms with Crippen LogP contribution < -0.4 is 5.73 Å². The first-order valence-corrected chi connectivity index (χ1v) is 3.32. The smallest absolute Gasteiger partial charge is 0.253 e. The molecule has 0 saturated heterocycles. The van der Waals surface area contributed by atoms with E-state index in [0.717, 1.165) is 0 Å². The van der Waals surface area contributed by atoms with Crippen molar-refractivity contribution < 1.29 is 0 Å². The predicted molar refractivity (Wildman–Crippen MR) is 42.1 cm³/mol. The van der Waals surface area contributed by atoms with E-state index in [1.165, 1.54) is 4.52 Å². The molecule has 0 amide bonds. The fraction of sp³-hybridized carbons (Fsp3) is 0. The van der Waals surface area contributed by atoms with Crippen LogP contribution in [0.5, 0.6) is 0 Å². The molecule has 5 heteroatoms. The zero-order valence-corrected chi connectivity index (χ0v) is 6.10. The number of aromatic nitrogens is 3. The maximum Gasteiger partial charge on any atom is 0.253 e. The Bertz CT molecular complexity index is 464. The quantitative estimate of drug-likeness (QED) is 0.594. The van der Waals surface area contributed by atoms with Gasteiger partial charge in [0.05, 0.1) is 0 Å². The van der Waals surface area contributed by atoms with Crippen LogP contribution in [-0.2, 0) is 0 Å². The molecule has 2 N–H and O–H groups in total. The molecule has 5 nitrogen and oxygen atoms in total. The molecule has 0 aliphatic carbocycles. The van der Waals surface area contributed by atoms with Crippen molar-refractivity contribution in [2.45, 2.75) is 0 Å². The highest BCUT2D eigenvalue weighted by Gasteiger charge is 2.02. The lowest BCUT2D eigenvalue weighted by atomic mass is 10.5. The molecule has 2 aromatic rings. The van der Waals surface area contributed by atoms with Gasteiger partial charge in [0.2, 0.25) is 0 Å². The van der Waals surface area contributed by atoms with Gasteiger partial charge in [-0.1, -0.05) is 0 Å². The molecule has 0 atom stereocenters. The molecular weight excluding hydrogens is 154 g/mol. The van der Waals surface area contributed by atoms with Crippen LogP contribution in [0.2, 0.25) is 0 Å². The molecule has 0 aliphatic heterocycles. The van der Waals surface area contributed by atoms with Crippen molar-refractivity contribution in [3.63, 3.8) is 0 Å². The predicted octanol–water partition coefficient (Wildman–Crippen LogP) is 0.183. The monoisotopic (exact) mass is 159 g/mol. The van der Waals surface area contributed by atoms with Crippen LogP contribution >= 0.6 is 0 Å². The van der Waals surface area contributed by atoms with E-state index in [-0.39, 0.29) is 5.82 Å². The van der Waals surface area contributed by atoms with Gasteiger partial charge in [0.15, 0.2) is 5.82 Å². The van der Waals surface area contributed by atoms with Crippen molar-refractivity contribution in [2.24, 2.45) is 0 Å². The number of fused-ring (bicyclic) bond motifs is 1. The van der Waals surface area contributed by atoms with Crippen LogP contribution in [0.3, 0.4) is 0 Å². The summed E-state index contributed by atoms with van der Waals surface area (Å²) in [6.07, 6.45) is 1.72. The Morgan fingerprint density at radius 1 is 1.58 bits per heavy atom. The average molecular weight is 159 g/mol. The Labute approximate surface area is 68.1 Å². The van der Waals surface area contributed by atoms with E-state index in [9.17, 15) is 0 Å². The highest BCUT2D eigenvalue weighted by molar-refractivity contribution is 5.64. The maximum absolute atomic E-state index is 8.52. The Morgan fingerprint density at radius 2 is 2.42 bits per heavy atom. The molecule has 0 aliphatic rings. The zero-order chi connectivity index (χ0) is 8.55. The number of nitrogens with zero attached hydrogens (tertiary/aromatic N) is 4. The van der Waals surface area contributed by atoms with Gasteiger partial charge in [0.25, 0.3) is 5.82 Å². The van der Waals surface area contributed by atoms with Crippen LogP contribution in [0.15, 0.2) is 18.3 Å². The molecule has 2 heterocycles. The Hall–Kier alpha value is -2.09.